The van der Waals surface area contributed by atoms with Crippen LogP contribution in [0.3, 0.4) is 0 Å². The number of methoxy groups -OCH3 is 1. The van der Waals surface area contributed by atoms with Gasteiger partial charge in [0.25, 0.3) is 11.6 Å². The number of aromatic nitrogens is 2. The van der Waals surface area contributed by atoms with Gasteiger partial charge in [0.05, 0.1) is 30.1 Å². The van der Waals surface area contributed by atoms with E-state index in [0.717, 1.165) is 11.3 Å². The average molecular weight is 363 g/mol. The van der Waals surface area contributed by atoms with E-state index >= 15 is 0 Å². The van der Waals surface area contributed by atoms with Crippen molar-refractivity contribution in [3.05, 3.63) is 63.9 Å². The molecule has 0 fully saturated rings. The molecule has 3 rings (SSSR count). The topological polar surface area (TPSA) is 95.5 Å². The van der Waals surface area contributed by atoms with Crippen molar-refractivity contribution in [1.29, 1.82) is 0 Å². The maximum absolute atomic E-state index is 12.2. The fraction of sp³-hybridized carbons (Fsp3) is 0.150. The maximum Gasteiger partial charge on any atom is 0.335 e. The van der Waals surface area contributed by atoms with E-state index in [1.54, 1.807) is 24.3 Å². The summed E-state index contributed by atoms with van der Waals surface area (Å²) >= 11 is 0. The summed E-state index contributed by atoms with van der Waals surface area (Å²) in [5, 5.41) is 9.48. The Labute approximate surface area is 155 Å². The van der Waals surface area contributed by atoms with E-state index in [2.05, 4.69) is 15.9 Å². The minimum Gasteiger partial charge on any atom is -0.478 e. The van der Waals surface area contributed by atoms with Gasteiger partial charge in [-0.05, 0) is 42.0 Å². The maximum atomic E-state index is 12.2. The molecule has 0 aliphatic heterocycles. The second-order valence-electron chi connectivity index (χ2n) is 5.84. The highest BCUT2D eigenvalue weighted by Gasteiger charge is 2.11. The van der Waals surface area contributed by atoms with Crippen LogP contribution >= 0.6 is 0 Å². The van der Waals surface area contributed by atoms with Crippen molar-refractivity contribution in [3.63, 3.8) is 0 Å². The summed E-state index contributed by atoms with van der Waals surface area (Å²) in [5.74, 6) is 1.62. The largest absolute Gasteiger partial charge is 0.478 e. The summed E-state index contributed by atoms with van der Waals surface area (Å²) in [6, 6.07) is 12.0. The van der Waals surface area contributed by atoms with Crippen molar-refractivity contribution >= 4 is 22.6 Å². The molecule has 7 heteroatoms. The molecule has 1 heterocycles. The normalized spacial score (nSPS) is 10.4. The average Bonchev–Trinajstić information content (AvgIpc) is 2.68. The second-order valence-corrected chi connectivity index (χ2v) is 5.84. The van der Waals surface area contributed by atoms with Gasteiger partial charge in [-0.3, -0.25) is 9.78 Å². The highest BCUT2D eigenvalue weighted by atomic mass is 16.5. The molecule has 0 unspecified atom stereocenters. The number of terminal acetylenes is 1. The fourth-order valence-electron chi connectivity index (χ4n) is 2.74. The molecular formula is C20H17N3O4. The quantitative estimate of drug-likeness (QED) is 0.653. The molecule has 3 aromatic rings. The molecule has 0 saturated heterocycles. The van der Waals surface area contributed by atoms with E-state index in [-0.39, 0.29) is 17.1 Å². The molecule has 0 aliphatic rings. The van der Waals surface area contributed by atoms with Crippen LogP contribution in [0.25, 0.3) is 10.9 Å². The van der Waals surface area contributed by atoms with E-state index in [4.69, 9.17) is 16.3 Å². The number of benzene rings is 2. The van der Waals surface area contributed by atoms with Crippen LogP contribution in [0, 0.1) is 12.3 Å². The van der Waals surface area contributed by atoms with E-state index in [1.165, 1.54) is 19.2 Å². The van der Waals surface area contributed by atoms with E-state index in [1.807, 2.05) is 11.0 Å². The molecule has 27 heavy (non-hydrogen) atoms. The number of aromatic carboxylic acids is 1. The summed E-state index contributed by atoms with van der Waals surface area (Å²) in [6.45, 7) is 0.791. The predicted octanol–water partition coefficient (Wildman–Crippen LogP) is 2.27. The number of carboxylic acids is 1. The Morgan fingerprint density at radius 3 is 2.67 bits per heavy atom. The van der Waals surface area contributed by atoms with Crippen LogP contribution < -0.4 is 15.2 Å². The highest BCUT2D eigenvalue weighted by molar-refractivity contribution is 5.88. The minimum absolute atomic E-state index is 0.160. The molecule has 0 saturated carbocycles. The van der Waals surface area contributed by atoms with Gasteiger partial charge in [0.2, 0.25) is 0 Å². The summed E-state index contributed by atoms with van der Waals surface area (Å²) in [4.78, 5) is 31.9. The molecule has 0 aliphatic carbocycles. The van der Waals surface area contributed by atoms with Crippen LogP contribution in [-0.4, -0.2) is 34.7 Å². The number of H-pyrrole nitrogens is 1. The van der Waals surface area contributed by atoms with Crippen LogP contribution in [0.5, 0.6) is 6.01 Å². The number of fused-ring (bicyclic) bond motifs is 1. The Morgan fingerprint density at radius 2 is 2.04 bits per heavy atom. The molecule has 2 aromatic carbocycles. The van der Waals surface area contributed by atoms with Gasteiger partial charge in [-0.15, -0.1) is 6.42 Å². The SMILES string of the molecule is C#CCN(Cc1ccc2nc(OC)[nH]c(=O)c2c1)c1ccc(C(=O)O)cc1. The fourth-order valence-corrected chi connectivity index (χ4v) is 2.74. The van der Waals surface area contributed by atoms with Crippen molar-refractivity contribution in [3.8, 4) is 18.4 Å². The monoisotopic (exact) mass is 363 g/mol. The van der Waals surface area contributed by atoms with Gasteiger partial charge in [0.1, 0.15) is 0 Å². The molecule has 7 nitrogen and oxygen atoms in total. The summed E-state index contributed by atoms with van der Waals surface area (Å²) in [5.41, 5.74) is 2.12. The van der Waals surface area contributed by atoms with E-state index < -0.39 is 5.97 Å². The number of hydrogen-bond donors (Lipinski definition) is 2. The predicted molar refractivity (Wildman–Crippen MR) is 102 cm³/mol. The third kappa shape index (κ3) is 3.90. The third-order valence-corrected chi connectivity index (χ3v) is 4.08. The van der Waals surface area contributed by atoms with Crippen molar-refractivity contribution in [2.45, 2.75) is 6.54 Å². The zero-order valence-corrected chi connectivity index (χ0v) is 14.6. The van der Waals surface area contributed by atoms with Crippen LogP contribution in [-0.2, 0) is 6.54 Å². The lowest BCUT2D eigenvalue weighted by Crippen LogP contribution is -2.23. The Hall–Kier alpha value is -3.79. The first-order chi connectivity index (χ1) is 13.0. The van der Waals surface area contributed by atoms with Crippen LogP contribution in [0.4, 0.5) is 5.69 Å². The number of anilines is 1. The molecule has 1 aromatic heterocycles. The third-order valence-electron chi connectivity index (χ3n) is 4.08. The summed E-state index contributed by atoms with van der Waals surface area (Å²) in [7, 11) is 1.44. The lowest BCUT2D eigenvalue weighted by atomic mass is 10.1. The number of carboxylic acid groups (broad SMARTS) is 1. The Morgan fingerprint density at radius 1 is 1.30 bits per heavy atom. The van der Waals surface area contributed by atoms with Gasteiger partial charge >= 0.3 is 5.97 Å². The smallest absolute Gasteiger partial charge is 0.335 e. The molecule has 0 bridgehead atoms. The van der Waals surface area contributed by atoms with Gasteiger partial charge in [-0.2, -0.15) is 4.98 Å². The molecule has 136 valence electrons. The molecular weight excluding hydrogens is 346 g/mol. The lowest BCUT2D eigenvalue weighted by Gasteiger charge is -2.23. The first-order valence-electron chi connectivity index (χ1n) is 8.10. The molecule has 2 N–H and O–H groups in total. The standard InChI is InChI=1S/C20H17N3O4/c1-3-10-23(15-7-5-14(6-8-15)19(25)26)12-13-4-9-17-16(11-13)18(24)22-20(21-17)27-2/h1,4-9,11H,10,12H2,2H3,(H,25,26)(H,21,22,24). The van der Waals surface area contributed by atoms with Crippen LogP contribution in [0.1, 0.15) is 15.9 Å². The number of hydrogen-bond acceptors (Lipinski definition) is 5. The van der Waals surface area contributed by atoms with E-state index in [9.17, 15) is 9.59 Å². The summed E-state index contributed by atoms with van der Waals surface area (Å²) in [6.07, 6.45) is 5.48. The number of ether oxygens (including phenoxy) is 1. The second kappa shape index (κ2) is 7.62. The van der Waals surface area contributed by atoms with Crippen LogP contribution in [0.15, 0.2) is 47.3 Å². The number of rotatable bonds is 6. The van der Waals surface area contributed by atoms with Crippen molar-refractivity contribution in [2.24, 2.45) is 0 Å². The molecule has 0 atom stereocenters. The number of aromatic amines is 1. The minimum atomic E-state index is -0.985. The first-order valence-corrected chi connectivity index (χ1v) is 8.10. The molecule has 0 spiro atoms. The summed E-state index contributed by atoms with van der Waals surface area (Å²) < 4.78 is 4.98. The van der Waals surface area contributed by atoms with Crippen molar-refractivity contribution in [1.82, 2.24) is 9.97 Å². The molecule has 0 amide bonds. The van der Waals surface area contributed by atoms with Gasteiger partial charge < -0.3 is 14.7 Å². The van der Waals surface area contributed by atoms with Gasteiger partial charge in [-0.25, -0.2) is 4.79 Å². The van der Waals surface area contributed by atoms with Crippen LogP contribution in [0.2, 0.25) is 0 Å². The Kier molecular flexibility index (Phi) is 5.08. The number of nitrogens with zero attached hydrogens (tertiary/aromatic N) is 2. The lowest BCUT2D eigenvalue weighted by molar-refractivity contribution is 0.0697. The zero-order chi connectivity index (χ0) is 19.4. The van der Waals surface area contributed by atoms with E-state index in [0.29, 0.717) is 24.0 Å². The Bertz CT molecular complexity index is 1080. The highest BCUT2D eigenvalue weighted by Crippen LogP contribution is 2.20. The van der Waals surface area contributed by atoms with Gasteiger partial charge in [0.15, 0.2) is 0 Å². The Balaban J connectivity index is 1.92. The zero-order valence-electron chi connectivity index (χ0n) is 14.6. The number of nitrogens with one attached hydrogen (secondary N) is 1. The van der Waals surface area contributed by atoms with Gasteiger partial charge in [-0.1, -0.05) is 12.0 Å². The van der Waals surface area contributed by atoms with Gasteiger partial charge in [0, 0.05) is 12.2 Å². The molecule has 0 radical (unpaired) electrons. The van der Waals surface area contributed by atoms with Crippen molar-refractivity contribution < 1.29 is 14.6 Å². The van der Waals surface area contributed by atoms with Crippen molar-refractivity contribution in [2.75, 3.05) is 18.6 Å². The first kappa shape index (κ1) is 18.0. The number of carbonyl (C=O) groups is 1.